The van der Waals surface area contributed by atoms with E-state index in [4.69, 9.17) is 4.74 Å². The maximum absolute atomic E-state index is 10.4. The van der Waals surface area contributed by atoms with Gasteiger partial charge in [0.05, 0.1) is 4.92 Å². The highest BCUT2D eigenvalue weighted by Crippen LogP contribution is 2.17. The molecule has 16 heavy (non-hydrogen) atoms. The lowest BCUT2D eigenvalue weighted by molar-refractivity contribution is -0.384. The number of rotatable bonds is 5. The molecule has 0 aromatic heterocycles. The van der Waals surface area contributed by atoms with Crippen LogP contribution in [0.3, 0.4) is 0 Å². The predicted octanol–water partition coefficient (Wildman–Crippen LogP) is 2.12. The molecule has 0 saturated carbocycles. The van der Waals surface area contributed by atoms with Crippen molar-refractivity contribution in [3.8, 4) is 5.75 Å². The first-order valence-electron chi connectivity index (χ1n) is 4.61. The summed E-state index contributed by atoms with van der Waals surface area (Å²) in [7, 11) is 0. The van der Waals surface area contributed by atoms with E-state index in [-0.39, 0.29) is 12.3 Å². The van der Waals surface area contributed by atoms with Gasteiger partial charge in [-0.2, -0.15) is 0 Å². The van der Waals surface area contributed by atoms with E-state index < -0.39 is 4.92 Å². The predicted molar refractivity (Wildman–Crippen MR) is 58.4 cm³/mol. The van der Waals surface area contributed by atoms with Crippen molar-refractivity contribution in [3.63, 3.8) is 0 Å². The van der Waals surface area contributed by atoms with Crippen molar-refractivity contribution < 1.29 is 14.5 Å². The molecule has 0 aliphatic carbocycles. The molecule has 5 nitrogen and oxygen atoms in total. The number of nitro benzene ring substituents is 1. The van der Waals surface area contributed by atoms with Crippen LogP contribution >= 0.6 is 0 Å². The summed E-state index contributed by atoms with van der Waals surface area (Å²) in [6, 6.07) is 5.78. The number of aldehydes is 1. The van der Waals surface area contributed by atoms with Crippen LogP contribution in [0.1, 0.15) is 6.92 Å². The summed E-state index contributed by atoms with van der Waals surface area (Å²) in [5.41, 5.74) is 0.806. The minimum absolute atomic E-state index is 0.0208. The van der Waals surface area contributed by atoms with Gasteiger partial charge in [0.25, 0.3) is 5.69 Å². The van der Waals surface area contributed by atoms with Crippen molar-refractivity contribution in [2.75, 3.05) is 6.61 Å². The number of nitro groups is 1. The minimum atomic E-state index is -0.471. The van der Waals surface area contributed by atoms with Crippen molar-refractivity contribution in [1.82, 2.24) is 0 Å². The first-order chi connectivity index (χ1) is 7.63. The van der Waals surface area contributed by atoms with Crippen molar-refractivity contribution in [3.05, 3.63) is 46.0 Å². The molecule has 1 aromatic carbocycles. The number of allylic oxidation sites excluding steroid dienone is 1. The molecule has 0 aliphatic rings. The van der Waals surface area contributed by atoms with Gasteiger partial charge in [-0.05, 0) is 30.7 Å². The Balaban J connectivity index is 2.59. The van der Waals surface area contributed by atoms with E-state index in [1.54, 1.807) is 6.92 Å². The molecular weight excluding hydrogens is 210 g/mol. The number of ether oxygens (including phenoxy) is 1. The van der Waals surface area contributed by atoms with E-state index in [9.17, 15) is 14.9 Å². The van der Waals surface area contributed by atoms with Gasteiger partial charge < -0.3 is 4.74 Å². The lowest BCUT2D eigenvalue weighted by atomic mass is 10.3. The van der Waals surface area contributed by atoms with Gasteiger partial charge in [-0.15, -0.1) is 0 Å². The van der Waals surface area contributed by atoms with Gasteiger partial charge in [0.15, 0.2) is 0 Å². The van der Waals surface area contributed by atoms with E-state index in [1.807, 2.05) is 0 Å². The Labute approximate surface area is 92.5 Å². The quantitative estimate of drug-likeness (QED) is 0.330. The normalized spacial score (nSPS) is 10.9. The molecule has 0 heterocycles. The summed E-state index contributed by atoms with van der Waals surface area (Å²) in [6.45, 7) is 2.05. The third-order valence-corrected chi connectivity index (χ3v) is 1.87. The molecule has 0 spiro atoms. The highest BCUT2D eigenvalue weighted by Gasteiger charge is 2.04. The zero-order valence-electron chi connectivity index (χ0n) is 8.75. The summed E-state index contributed by atoms with van der Waals surface area (Å²) < 4.78 is 5.31. The maximum Gasteiger partial charge on any atom is 0.269 e. The summed E-state index contributed by atoms with van der Waals surface area (Å²) in [5, 5.41) is 10.4. The lowest BCUT2D eigenvalue weighted by Gasteiger charge is -2.04. The molecule has 0 amide bonds. The smallest absolute Gasteiger partial charge is 0.269 e. The molecule has 84 valence electrons. The van der Waals surface area contributed by atoms with Gasteiger partial charge >= 0.3 is 0 Å². The fourth-order valence-electron chi connectivity index (χ4n) is 1.03. The number of hydrogen-bond donors (Lipinski definition) is 0. The monoisotopic (exact) mass is 221 g/mol. The van der Waals surface area contributed by atoms with Crippen LogP contribution in [0.5, 0.6) is 5.75 Å². The zero-order valence-corrected chi connectivity index (χ0v) is 8.75. The number of nitrogens with zero attached hydrogens (tertiary/aromatic N) is 1. The van der Waals surface area contributed by atoms with Crippen LogP contribution in [0.15, 0.2) is 35.9 Å². The Bertz CT molecular complexity index is 408. The molecule has 0 radical (unpaired) electrons. The molecule has 5 heteroatoms. The van der Waals surface area contributed by atoms with Crippen molar-refractivity contribution in [2.24, 2.45) is 0 Å². The first-order valence-corrected chi connectivity index (χ1v) is 4.61. The van der Waals surface area contributed by atoms with Crippen LogP contribution in [0.4, 0.5) is 5.69 Å². The molecule has 0 bridgehead atoms. The summed E-state index contributed by atoms with van der Waals surface area (Å²) in [4.78, 5) is 20.0. The fourth-order valence-corrected chi connectivity index (χ4v) is 1.03. The third kappa shape index (κ3) is 3.53. The molecule has 0 saturated heterocycles. The van der Waals surface area contributed by atoms with Gasteiger partial charge in [-0.1, -0.05) is 0 Å². The Morgan fingerprint density at radius 1 is 1.44 bits per heavy atom. The van der Waals surface area contributed by atoms with Gasteiger partial charge in [0.2, 0.25) is 0 Å². The largest absolute Gasteiger partial charge is 0.489 e. The highest BCUT2D eigenvalue weighted by molar-refractivity contribution is 5.65. The lowest BCUT2D eigenvalue weighted by Crippen LogP contribution is -1.99. The van der Waals surface area contributed by atoms with Crippen molar-refractivity contribution >= 4 is 12.0 Å². The maximum atomic E-state index is 10.4. The average molecular weight is 221 g/mol. The second kappa shape index (κ2) is 5.65. The van der Waals surface area contributed by atoms with Crippen molar-refractivity contribution in [1.29, 1.82) is 0 Å². The minimum Gasteiger partial charge on any atom is -0.489 e. The van der Waals surface area contributed by atoms with Gasteiger partial charge in [0, 0.05) is 12.1 Å². The summed E-state index contributed by atoms with van der Waals surface area (Å²) in [5.74, 6) is 0.532. The number of benzene rings is 1. The molecule has 0 atom stereocenters. The number of carbonyl (C=O) groups excluding carboxylic acids is 1. The van der Waals surface area contributed by atoms with Crippen molar-refractivity contribution in [2.45, 2.75) is 6.92 Å². The highest BCUT2D eigenvalue weighted by atomic mass is 16.6. The molecule has 0 fully saturated rings. The van der Waals surface area contributed by atoms with E-state index in [2.05, 4.69) is 0 Å². The van der Waals surface area contributed by atoms with Gasteiger partial charge in [-0.25, -0.2) is 0 Å². The Kier molecular flexibility index (Phi) is 4.20. The SMILES string of the molecule is C/C(=C\C=O)COc1ccc([N+](=O)[O-])cc1. The second-order valence-corrected chi connectivity index (χ2v) is 3.19. The second-order valence-electron chi connectivity index (χ2n) is 3.19. The standard InChI is InChI=1S/C11H11NO4/c1-9(6-7-13)8-16-11-4-2-10(3-5-11)12(14)15/h2-7H,8H2,1H3/b9-6+. The van der Waals surface area contributed by atoms with Crippen LogP contribution in [-0.2, 0) is 4.79 Å². The molecular formula is C11H11NO4. The van der Waals surface area contributed by atoms with E-state index in [0.29, 0.717) is 12.0 Å². The average Bonchev–Trinajstić information content (AvgIpc) is 2.27. The molecule has 1 rings (SSSR count). The molecule has 0 aliphatic heterocycles. The third-order valence-electron chi connectivity index (χ3n) is 1.87. The number of hydrogen-bond acceptors (Lipinski definition) is 4. The Morgan fingerprint density at radius 3 is 2.56 bits per heavy atom. The number of carbonyl (C=O) groups is 1. The Morgan fingerprint density at radius 2 is 2.06 bits per heavy atom. The van der Waals surface area contributed by atoms with Crippen LogP contribution in [0.2, 0.25) is 0 Å². The molecule has 0 unspecified atom stereocenters. The first kappa shape index (κ1) is 11.9. The molecule has 0 N–H and O–H groups in total. The van der Waals surface area contributed by atoms with Crippen LogP contribution < -0.4 is 4.74 Å². The van der Waals surface area contributed by atoms with Crippen LogP contribution in [-0.4, -0.2) is 17.8 Å². The number of non-ortho nitro benzene ring substituents is 1. The summed E-state index contributed by atoms with van der Waals surface area (Å²) in [6.07, 6.45) is 2.10. The summed E-state index contributed by atoms with van der Waals surface area (Å²) >= 11 is 0. The van der Waals surface area contributed by atoms with Crippen LogP contribution in [0.25, 0.3) is 0 Å². The van der Waals surface area contributed by atoms with E-state index in [0.717, 1.165) is 5.57 Å². The van der Waals surface area contributed by atoms with E-state index in [1.165, 1.54) is 30.3 Å². The fraction of sp³-hybridized carbons (Fsp3) is 0.182. The van der Waals surface area contributed by atoms with Crippen LogP contribution in [0, 0.1) is 10.1 Å². The Hall–Kier alpha value is -2.17. The topological polar surface area (TPSA) is 69.4 Å². The van der Waals surface area contributed by atoms with Gasteiger partial charge in [-0.3, -0.25) is 14.9 Å². The van der Waals surface area contributed by atoms with E-state index >= 15 is 0 Å². The zero-order chi connectivity index (χ0) is 12.0. The van der Waals surface area contributed by atoms with Gasteiger partial charge in [0.1, 0.15) is 18.6 Å². The molecule has 1 aromatic rings.